The molecule has 1 aliphatic heterocycles. The highest BCUT2D eigenvalue weighted by Crippen LogP contribution is 2.33. The van der Waals surface area contributed by atoms with Crippen molar-refractivity contribution in [3.8, 4) is 17.3 Å². The number of ether oxygens (including phenoxy) is 1. The van der Waals surface area contributed by atoms with Gasteiger partial charge in [-0.25, -0.2) is 4.98 Å². The molecule has 9 nitrogen and oxygen atoms in total. The topological polar surface area (TPSA) is 98.6 Å². The lowest BCUT2D eigenvalue weighted by Gasteiger charge is -2.30. The van der Waals surface area contributed by atoms with Gasteiger partial charge in [0.05, 0.1) is 18.3 Å². The smallest absolute Gasteiger partial charge is 0.269 e. The highest BCUT2D eigenvalue weighted by molar-refractivity contribution is 6.00. The molecule has 1 fully saturated rings. The van der Waals surface area contributed by atoms with Gasteiger partial charge in [0.15, 0.2) is 5.82 Å². The van der Waals surface area contributed by atoms with Gasteiger partial charge in [0.25, 0.3) is 11.8 Å². The molecular weight excluding hydrogens is 480 g/mol. The Labute approximate surface area is 222 Å². The van der Waals surface area contributed by atoms with Crippen LogP contribution in [0.4, 0.5) is 0 Å². The first kappa shape index (κ1) is 25.5. The minimum absolute atomic E-state index is 0.00347. The van der Waals surface area contributed by atoms with Gasteiger partial charge < -0.3 is 29.4 Å². The molecule has 2 aromatic carbocycles. The van der Waals surface area contributed by atoms with Crippen LogP contribution < -0.4 is 10.5 Å². The summed E-state index contributed by atoms with van der Waals surface area (Å²) in [6.45, 7) is 1.75. The van der Waals surface area contributed by atoms with E-state index in [1.165, 1.54) is 0 Å². The normalized spacial score (nSPS) is 15.6. The minimum atomic E-state index is -0.0869. The second kappa shape index (κ2) is 10.3. The zero-order valence-electron chi connectivity index (χ0n) is 22.3. The third-order valence-electron chi connectivity index (χ3n) is 7.16. The fourth-order valence-electron chi connectivity index (χ4n) is 5.21. The minimum Gasteiger partial charge on any atom is -0.494 e. The van der Waals surface area contributed by atoms with Crippen LogP contribution >= 0.6 is 0 Å². The maximum atomic E-state index is 13.4. The molecular formula is C29H34N6O3. The van der Waals surface area contributed by atoms with E-state index in [1.807, 2.05) is 69.6 Å². The van der Waals surface area contributed by atoms with Crippen molar-refractivity contribution in [3.63, 3.8) is 0 Å². The Morgan fingerprint density at radius 1 is 1.13 bits per heavy atom. The molecule has 0 bridgehead atoms. The Morgan fingerprint density at radius 2 is 1.89 bits per heavy atom. The number of hydrogen-bond acceptors (Lipinski definition) is 5. The standard InChI is InChI=1S/C29H34N6O3/c1-32(2)29(37)24-13-12-23(35(24)17-19-9-6-5-7-10-19)27-31-22-15-20(16-25(38-4)26(22)33(27)3)28(36)34-14-8-11-21(30)18-34/h5-7,9-10,12-13,15-16,21H,8,11,14,17-18,30H2,1-4H3/t21-/m1/s1. The van der Waals surface area contributed by atoms with Crippen LogP contribution in [0.25, 0.3) is 22.6 Å². The van der Waals surface area contributed by atoms with E-state index < -0.39 is 0 Å². The summed E-state index contributed by atoms with van der Waals surface area (Å²) in [5, 5.41) is 0. The number of nitrogens with two attached hydrogens (primary N) is 1. The number of methoxy groups -OCH3 is 1. The van der Waals surface area contributed by atoms with Crippen LogP contribution in [-0.2, 0) is 13.6 Å². The average molecular weight is 515 g/mol. The van der Waals surface area contributed by atoms with Gasteiger partial charge in [-0.1, -0.05) is 30.3 Å². The van der Waals surface area contributed by atoms with Gasteiger partial charge >= 0.3 is 0 Å². The lowest BCUT2D eigenvalue weighted by molar-refractivity contribution is 0.0708. The Bertz CT molecular complexity index is 1490. The number of carbonyl (C=O) groups excluding carboxylic acids is 2. The predicted molar refractivity (Wildman–Crippen MR) is 147 cm³/mol. The highest BCUT2D eigenvalue weighted by atomic mass is 16.5. The number of aryl methyl sites for hydroxylation is 1. The van der Waals surface area contributed by atoms with E-state index in [4.69, 9.17) is 15.5 Å². The monoisotopic (exact) mass is 514 g/mol. The number of fused-ring (bicyclic) bond motifs is 1. The molecule has 1 saturated heterocycles. The first-order valence-electron chi connectivity index (χ1n) is 12.8. The molecule has 1 atom stereocenters. The summed E-state index contributed by atoms with van der Waals surface area (Å²) in [4.78, 5) is 34.7. The van der Waals surface area contributed by atoms with Crippen molar-refractivity contribution >= 4 is 22.8 Å². The van der Waals surface area contributed by atoms with E-state index in [-0.39, 0.29) is 17.9 Å². The molecule has 1 aliphatic rings. The molecule has 0 unspecified atom stereocenters. The predicted octanol–water partition coefficient (Wildman–Crippen LogP) is 3.36. The number of amides is 2. The van der Waals surface area contributed by atoms with E-state index in [2.05, 4.69) is 0 Å². The summed E-state index contributed by atoms with van der Waals surface area (Å²) in [6.07, 6.45) is 1.82. The quantitative estimate of drug-likeness (QED) is 0.426. The number of hydrogen-bond donors (Lipinski definition) is 1. The van der Waals surface area contributed by atoms with Crippen molar-refractivity contribution < 1.29 is 14.3 Å². The van der Waals surface area contributed by atoms with Crippen LogP contribution in [0.15, 0.2) is 54.6 Å². The zero-order chi connectivity index (χ0) is 27.0. The molecule has 38 heavy (non-hydrogen) atoms. The Morgan fingerprint density at radius 3 is 2.58 bits per heavy atom. The van der Waals surface area contributed by atoms with Crippen LogP contribution in [0, 0.1) is 0 Å². The summed E-state index contributed by atoms with van der Waals surface area (Å²) < 4.78 is 9.68. The van der Waals surface area contributed by atoms with Crippen LogP contribution in [-0.4, -0.2) is 76.1 Å². The van der Waals surface area contributed by atoms with Crippen molar-refractivity contribution in [3.05, 3.63) is 71.4 Å². The molecule has 3 heterocycles. The van der Waals surface area contributed by atoms with E-state index in [0.29, 0.717) is 48.0 Å². The Kier molecular flexibility index (Phi) is 6.94. The number of imidazole rings is 1. The summed E-state index contributed by atoms with van der Waals surface area (Å²) in [7, 11) is 7.01. The summed E-state index contributed by atoms with van der Waals surface area (Å²) in [5.74, 6) is 1.09. The molecule has 0 aliphatic carbocycles. The lowest BCUT2D eigenvalue weighted by Crippen LogP contribution is -2.45. The van der Waals surface area contributed by atoms with Crippen LogP contribution in [0.2, 0.25) is 0 Å². The van der Waals surface area contributed by atoms with E-state index >= 15 is 0 Å². The molecule has 0 radical (unpaired) electrons. The number of carbonyl (C=O) groups is 2. The number of aromatic nitrogens is 3. The fraction of sp³-hybridized carbons (Fsp3) is 0.345. The van der Waals surface area contributed by atoms with Crippen molar-refractivity contribution in [1.29, 1.82) is 0 Å². The molecule has 4 aromatic rings. The van der Waals surface area contributed by atoms with Gasteiger partial charge in [-0.15, -0.1) is 0 Å². The number of benzene rings is 2. The average Bonchev–Trinajstić information content (AvgIpc) is 3.48. The van der Waals surface area contributed by atoms with Gasteiger partial charge in [0.1, 0.15) is 17.0 Å². The highest BCUT2D eigenvalue weighted by Gasteiger charge is 2.26. The number of rotatable bonds is 6. The van der Waals surface area contributed by atoms with Crippen molar-refractivity contribution in [2.24, 2.45) is 12.8 Å². The van der Waals surface area contributed by atoms with Crippen molar-refractivity contribution in [2.45, 2.75) is 25.4 Å². The van der Waals surface area contributed by atoms with Gasteiger partial charge in [-0.05, 0) is 42.7 Å². The lowest BCUT2D eigenvalue weighted by atomic mass is 10.0. The largest absolute Gasteiger partial charge is 0.494 e. The molecule has 0 spiro atoms. The van der Waals surface area contributed by atoms with Crippen LogP contribution in [0.5, 0.6) is 5.75 Å². The van der Waals surface area contributed by atoms with Crippen molar-refractivity contribution in [2.75, 3.05) is 34.3 Å². The molecule has 198 valence electrons. The van der Waals surface area contributed by atoms with E-state index in [0.717, 1.165) is 29.6 Å². The van der Waals surface area contributed by atoms with Gasteiger partial charge in [-0.3, -0.25) is 9.59 Å². The van der Waals surface area contributed by atoms with Gasteiger partial charge in [-0.2, -0.15) is 0 Å². The van der Waals surface area contributed by atoms with Crippen LogP contribution in [0.3, 0.4) is 0 Å². The molecule has 9 heteroatoms. The first-order chi connectivity index (χ1) is 18.3. The molecule has 2 aromatic heterocycles. The Balaban J connectivity index is 1.62. The second-order valence-electron chi connectivity index (χ2n) is 10.1. The fourth-order valence-corrected chi connectivity index (χ4v) is 5.21. The number of piperidine rings is 1. The maximum absolute atomic E-state index is 13.4. The van der Waals surface area contributed by atoms with Crippen molar-refractivity contribution in [1.82, 2.24) is 23.9 Å². The molecule has 5 rings (SSSR count). The first-order valence-corrected chi connectivity index (χ1v) is 12.8. The number of nitrogens with zero attached hydrogens (tertiary/aromatic N) is 5. The second-order valence-corrected chi connectivity index (χ2v) is 10.1. The third kappa shape index (κ3) is 4.65. The Hall–Kier alpha value is -4.11. The van der Waals surface area contributed by atoms with Gasteiger partial charge in [0, 0.05) is 52.4 Å². The SMILES string of the molecule is COc1cc(C(=O)N2CCC[C@@H](N)C2)cc2nc(-c3ccc(C(=O)N(C)C)n3Cc3ccccc3)n(C)c12. The van der Waals surface area contributed by atoms with E-state index in [1.54, 1.807) is 32.2 Å². The van der Waals surface area contributed by atoms with Crippen LogP contribution in [0.1, 0.15) is 39.3 Å². The summed E-state index contributed by atoms with van der Waals surface area (Å²) >= 11 is 0. The molecule has 0 saturated carbocycles. The molecule has 2 amide bonds. The van der Waals surface area contributed by atoms with E-state index in [9.17, 15) is 9.59 Å². The summed E-state index contributed by atoms with van der Waals surface area (Å²) in [6, 6.07) is 17.4. The summed E-state index contributed by atoms with van der Waals surface area (Å²) in [5.41, 5.74) is 10.5. The molecule has 2 N–H and O–H groups in total. The van der Waals surface area contributed by atoms with Gasteiger partial charge in [0.2, 0.25) is 0 Å². The number of likely N-dealkylation sites (tertiary alicyclic amines) is 1. The zero-order valence-corrected chi connectivity index (χ0v) is 22.3. The third-order valence-corrected chi connectivity index (χ3v) is 7.16. The maximum Gasteiger partial charge on any atom is 0.269 e.